The lowest BCUT2D eigenvalue weighted by molar-refractivity contribution is 0.0702. The number of carboxylic acids is 1. The molecule has 3 aromatic rings. The van der Waals surface area contributed by atoms with Crippen LogP contribution in [-0.4, -0.2) is 20.9 Å². The second-order valence-corrected chi connectivity index (χ2v) is 6.19. The van der Waals surface area contributed by atoms with Gasteiger partial charge in [-0.15, -0.1) is 11.3 Å². The van der Waals surface area contributed by atoms with Crippen LogP contribution in [0.4, 0.5) is 0 Å². The van der Waals surface area contributed by atoms with Crippen LogP contribution in [0.2, 0.25) is 5.02 Å². The van der Waals surface area contributed by atoms with Gasteiger partial charge < -0.3 is 5.11 Å². The maximum Gasteiger partial charge on any atom is 0.345 e. The van der Waals surface area contributed by atoms with Gasteiger partial charge in [0, 0.05) is 10.4 Å². The van der Waals surface area contributed by atoms with E-state index in [4.69, 9.17) is 11.6 Å². The zero-order chi connectivity index (χ0) is 15.0. The molecule has 0 amide bonds. The van der Waals surface area contributed by atoms with Gasteiger partial charge in [0.05, 0.1) is 11.4 Å². The van der Waals surface area contributed by atoms with Crippen molar-refractivity contribution < 1.29 is 9.90 Å². The third-order valence-electron chi connectivity index (χ3n) is 3.19. The molecule has 0 aliphatic carbocycles. The zero-order valence-electron chi connectivity index (χ0n) is 11.3. The number of aromatic nitrogens is 2. The number of hydrogen-bond donors (Lipinski definition) is 1. The fraction of sp³-hybridized carbons (Fsp3) is 0.200. The molecule has 21 heavy (non-hydrogen) atoms. The molecule has 0 bridgehead atoms. The van der Waals surface area contributed by atoms with Crippen molar-refractivity contribution in [3.63, 3.8) is 0 Å². The van der Waals surface area contributed by atoms with Gasteiger partial charge in [-0.3, -0.25) is 0 Å². The summed E-state index contributed by atoms with van der Waals surface area (Å²) in [5.41, 5.74) is 1.77. The van der Waals surface area contributed by atoms with Crippen LogP contribution in [-0.2, 0) is 6.42 Å². The van der Waals surface area contributed by atoms with E-state index in [0.717, 1.165) is 34.4 Å². The number of aryl methyl sites for hydroxylation is 1. The predicted molar refractivity (Wildman–Crippen MR) is 84.9 cm³/mol. The molecule has 1 N–H and O–H groups in total. The van der Waals surface area contributed by atoms with Gasteiger partial charge in [-0.2, -0.15) is 5.10 Å². The van der Waals surface area contributed by atoms with E-state index in [9.17, 15) is 9.90 Å². The van der Waals surface area contributed by atoms with E-state index in [-0.39, 0.29) is 0 Å². The summed E-state index contributed by atoms with van der Waals surface area (Å²) in [7, 11) is 0. The van der Waals surface area contributed by atoms with Gasteiger partial charge in [0.1, 0.15) is 9.71 Å². The zero-order valence-corrected chi connectivity index (χ0v) is 12.9. The van der Waals surface area contributed by atoms with E-state index in [2.05, 4.69) is 12.0 Å². The summed E-state index contributed by atoms with van der Waals surface area (Å²) in [5.74, 6) is -0.906. The first-order valence-electron chi connectivity index (χ1n) is 6.61. The van der Waals surface area contributed by atoms with Crippen molar-refractivity contribution in [1.82, 2.24) is 9.78 Å². The average Bonchev–Trinajstić information content (AvgIpc) is 3.00. The topological polar surface area (TPSA) is 55.1 Å². The van der Waals surface area contributed by atoms with Gasteiger partial charge in [0.25, 0.3) is 0 Å². The van der Waals surface area contributed by atoms with E-state index in [1.165, 1.54) is 11.3 Å². The van der Waals surface area contributed by atoms with Crippen LogP contribution in [0.15, 0.2) is 30.3 Å². The number of fused-ring (bicyclic) bond motifs is 1. The molecule has 2 aromatic heterocycles. The molecule has 1 aromatic carbocycles. The summed E-state index contributed by atoms with van der Waals surface area (Å²) in [6.07, 6.45) is 1.78. The fourth-order valence-electron chi connectivity index (χ4n) is 2.28. The summed E-state index contributed by atoms with van der Waals surface area (Å²) in [6.45, 7) is 2.08. The molecule has 0 radical (unpaired) electrons. The fourth-order valence-corrected chi connectivity index (χ4v) is 3.45. The molecule has 0 saturated carbocycles. The number of carboxylic acid groups (broad SMARTS) is 1. The molecule has 0 spiro atoms. The first-order valence-corrected chi connectivity index (χ1v) is 7.80. The lowest BCUT2D eigenvalue weighted by atomic mass is 10.2. The number of benzene rings is 1. The van der Waals surface area contributed by atoms with Crippen molar-refractivity contribution in [2.45, 2.75) is 19.8 Å². The molecular weight excluding hydrogens is 308 g/mol. The molecule has 0 fully saturated rings. The van der Waals surface area contributed by atoms with Gasteiger partial charge >= 0.3 is 5.97 Å². The van der Waals surface area contributed by atoms with Crippen LogP contribution < -0.4 is 0 Å². The van der Waals surface area contributed by atoms with Crippen LogP contribution in [0.25, 0.3) is 15.9 Å². The van der Waals surface area contributed by atoms with Gasteiger partial charge in [-0.05, 0) is 30.7 Å². The normalized spacial score (nSPS) is 11.1. The Kier molecular flexibility index (Phi) is 3.69. The summed E-state index contributed by atoms with van der Waals surface area (Å²) >= 11 is 7.27. The van der Waals surface area contributed by atoms with Gasteiger partial charge in [0.15, 0.2) is 0 Å². The summed E-state index contributed by atoms with van der Waals surface area (Å²) in [5, 5.41) is 15.4. The highest BCUT2D eigenvalue weighted by atomic mass is 35.5. The number of hydrogen-bond acceptors (Lipinski definition) is 3. The highest BCUT2D eigenvalue weighted by Crippen LogP contribution is 2.31. The van der Waals surface area contributed by atoms with Crippen LogP contribution in [0.5, 0.6) is 0 Å². The highest BCUT2D eigenvalue weighted by Gasteiger charge is 2.18. The quantitative estimate of drug-likeness (QED) is 0.775. The molecule has 0 unspecified atom stereocenters. The van der Waals surface area contributed by atoms with Crippen molar-refractivity contribution in [2.75, 3.05) is 0 Å². The first-order chi connectivity index (χ1) is 10.1. The molecule has 0 saturated heterocycles. The minimum absolute atomic E-state index is 0.329. The molecule has 0 aliphatic heterocycles. The molecule has 0 aliphatic rings. The number of halogens is 1. The van der Waals surface area contributed by atoms with Gasteiger partial charge in [0.2, 0.25) is 0 Å². The molecule has 6 heteroatoms. The Morgan fingerprint density at radius 3 is 2.90 bits per heavy atom. The van der Waals surface area contributed by atoms with E-state index in [1.807, 2.05) is 18.2 Å². The van der Waals surface area contributed by atoms with Crippen molar-refractivity contribution in [3.8, 4) is 5.69 Å². The maximum absolute atomic E-state index is 11.2. The minimum atomic E-state index is -0.906. The SMILES string of the molecule is CCCc1nn(-c2cccc(Cl)c2)c2sc(C(=O)O)cc12. The predicted octanol–water partition coefficient (Wildman–Crippen LogP) is 4.39. The second kappa shape index (κ2) is 5.50. The molecule has 108 valence electrons. The lowest BCUT2D eigenvalue weighted by Crippen LogP contribution is -1.97. The monoisotopic (exact) mass is 320 g/mol. The maximum atomic E-state index is 11.2. The number of nitrogens with zero attached hydrogens (tertiary/aromatic N) is 2. The van der Waals surface area contributed by atoms with Crippen molar-refractivity contribution >= 4 is 39.1 Å². The second-order valence-electron chi connectivity index (χ2n) is 4.72. The van der Waals surface area contributed by atoms with Gasteiger partial charge in [-0.25, -0.2) is 9.48 Å². The van der Waals surface area contributed by atoms with Gasteiger partial charge in [-0.1, -0.05) is 31.0 Å². The standard InChI is InChI=1S/C15H13ClN2O2S/c1-2-4-12-11-8-13(15(19)20)21-14(11)18(17-12)10-6-3-5-9(16)7-10/h3,5-8H,2,4H2,1H3,(H,19,20). The first kappa shape index (κ1) is 14.1. The molecule has 4 nitrogen and oxygen atoms in total. The molecule has 3 rings (SSSR count). The van der Waals surface area contributed by atoms with E-state index < -0.39 is 5.97 Å². The lowest BCUT2D eigenvalue weighted by Gasteiger charge is -2.02. The number of carbonyl (C=O) groups is 1. The third-order valence-corrected chi connectivity index (χ3v) is 4.52. The van der Waals surface area contributed by atoms with Crippen LogP contribution >= 0.6 is 22.9 Å². The Hall–Kier alpha value is -1.85. The Bertz CT molecular complexity index is 822. The molecular formula is C15H13ClN2O2S. The molecule has 2 heterocycles. The Balaban J connectivity index is 2.24. The average molecular weight is 321 g/mol. The summed E-state index contributed by atoms with van der Waals surface area (Å²) in [6, 6.07) is 9.10. The summed E-state index contributed by atoms with van der Waals surface area (Å²) < 4.78 is 1.78. The van der Waals surface area contributed by atoms with E-state index >= 15 is 0 Å². The number of aromatic carboxylic acids is 1. The third kappa shape index (κ3) is 2.54. The highest BCUT2D eigenvalue weighted by molar-refractivity contribution is 7.20. The van der Waals surface area contributed by atoms with Crippen LogP contribution in [0, 0.1) is 0 Å². The minimum Gasteiger partial charge on any atom is -0.477 e. The van der Waals surface area contributed by atoms with Crippen molar-refractivity contribution in [1.29, 1.82) is 0 Å². The number of thiophene rings is 1. The van der Waals surface area contributed by atoms with Crippen molar-refractivity contribution in [3.05, 3.63) is 45.9 Å². The smallest absolute Gasteiger partial charge is 0.345 e. The van der Waals surface area contributed by atoms with E-state index in [0.29, 0.717) is 9.90 Å². The number of rotatable bonds is 4. The van der Waals surface area contributed by atoms with E-state index in [1.54, 1.807) is 16.8 Å². The van der Waals surface area contributed by atoms with Crippen LogP contribution in [0.1, 0.15) is 28.7 Å². The van der Waals surface area contributed by atoms with Crippen LogP contribution in [0.3, 0.4) is 0 Å². The Morgan fingerprint density at radius 1 is 1.43 bits per heavy atom. The Morgan fingerprint density at radius 2 is 2.24 bits per heavy atom. The molecule has 0 atom stereocenters. The largest absolute Gasteiger partial charge is 0.477 e. The van der Waals surface area contributed by atoms with Crippen molar-refractivity contribution in [2.24, 2.45) is 0 Å². The Labute approximate surface area is 130 Å². The summed E-state index contributed by atoms with van der Waals surface area (Å²) in [4.78, 5) is 12.4.